The molecular formula is C13H18I2. The summed E-state index contributed by atoms with van der Waals surface area (Å²) in [5.41, 5.74) is 2.94. The summed E-state index contributed by atoms with van der Waals surface area (Å²) >= 11 is 4.99. The van der Waals surface area contributed by atoms with Crippen molar-refractivity contribution in [3.8, 4) is 0 Å². The average Bonchev–Trinajstić information content (AvgIpc) is 2.29. The summed E-state index contributed by atoms with van der Waals surface area (Å²) in [5.74, 6) is 0.682. The number of benzene rings is 1. The third-order valence-electron chi connectivity index (χ3n) is 2.68. The minimum absolute atomic E-state index is 0.682. The topological polar surface area (TPSA) is 0 Å². The quantitative estimate of drug-likeness (QED) is 0.459. The maximum atomic E-state index is 2.54. The van der Waals surface area contributed by atoms with Gasteiger partial charge < -0.3 is 0 Å². The van der Waals surface area contributed by atoms with Crippen LogP contribution in [-0.4, -0.2) is 8.35 Å². The van der Waals surface area contributed by atoms with Crippen LogP contribution in [-0.2, 0) is 6.42 Å². The molecule has 0 aromatic heterocycles. The van der Waals surface area contributed by atoms with Gasteiger partial charge in [0.25, 0.3) is 0 Å². The minimum atomic E-state index is 0.682. The molecule has 1 rings (SSSR count). The molecule has 0 heterocycles. The molecule has 15 heavy (non-hydrogen) atoms. The summed E-state index contributed by atoms with van der Waals surface area (Å²) in [6.07, 6.45) is 2.46. The summed E-state index contributed by atoms with van der Waals surface area (Å²) in [4.78, 5) is 0. The van der Waals surface area contributed by atoms with Crippen molar-refractivity contribution in [2.45, 2.75) is 36.5 Å². The van der Waals surface area contributed by atoms with Crippen molar-refractivity contribution in [1.29, 1.82) is 0 Å². The summed E-state index contributed by atoms with van der Waals surface area (Å²) in [6.45, 7) is 4.54. The lowest BCUT2D eigenvalue weighted by Crippen LogP contribution is -2.01. The Morgan fingerprint density at radius 3 is 2.27 bits per heavy atom. The highest BCUT2D eigenvalue weighted by atomic mass is 127. The van der Waals surface area contributed by atoms with Gasteiger partial charge in [-0.25, -0.2) is 0 Å². The first-order valence-electron chi connectivity index (χ1n) is 5.46. The molecule has 2 unspecified atom stereocenters. The Kier molecular flexibility index (Phi) is 6.50. The highest BCUT2D eigenvalue weighted by molar-refractivity contribution is 14.1. The van der Waals surface area contributed by atoms with Gasteiger partial charge in [0.15, 0.2) is 0 Å². The van der Waals surface area contributed by atoms with Gasteiger partial charge in [-0.1, -0.05) is 83.3 Å². The normalized spacial score (nSPS) is 14.9. The molecule has 0 aliphatic carbocycles. The molecule has 0 radical (unpaired) electrons. The first-order valence-corrected chi connectivity index (χ1v) is 8.23. The fourth-order valence-electron chi connectivity index (χ4n) is 1.47. The van der Waals surface area contributed by atoms with Crippen molar-refractivity contribution in [3.63, 3.8) is 0 Å². The van der Waals surface area contributed by atoms with E-state index in [0.29, 0.717) is 5.92 Å². The lowest BCUT2D eigenvalue weighted by Gasteiger charge is -2.10. The molecule has 0 saturated carbocycles. The predicted molar refractivity (Wildman–Crippen MR) is 85.5 cm³/mol. The molecule has 1 aromatic rings. The Bertz CT molecular complexity index is 279. The average molecular weight is 428 g/mol. The molecule has 0 amide bonds. The third-order valence-corrected chi connectivity index (χ3v) is 5.32. The molecule has 0 fully saturated rings. The molecule has 0 N–H and O–H groups in total. The van der Waals surface area contributed by atoms with E-state index in [-0.39, 0.29) is 0 Å². The Labute approximate surface area is 121 Å². The molecule has 1 aromatic carbocycles. The van der Waals surface area contributed by atoms with E-state index in [4.69, 9.17) is 0 Å². The summed E-state index contributed by atoms with van der Waals surface area (Å²) in [5, 5.41) is 0. The molecule has 0 nitrogen and oxygen atoms in total. The van der Waals surface area contributed by atoms with E-state index in [1.54, 1.807) is 0 Å². The van der Waals surface area contributed by atoms with Crippen LogP contribution in [0.3, 0.4) is 0 Å². The molecule has 0 bridgehead atoms. The maximum absolute atomic E-state index is 2.54. The van der Waals surface area contributed by atoms with Crippen LogP contribution in [0.25, 0.3) is 0 Å². The van der Waals surface area contributed by atoms with Crippen LogP contribution in [0, 0.1) is 0 Å². The number of hydrogen-bond acceptors (Lipinski definition) is 0. The summed E-state index contributed by atoms with van der Waals surface area (Å²) in [6, 6.07) is 9.16. The van der Waals surface area contributed by atoms with Crippen LogP contribution in [0.15, 0.2) is 24.3 Å². The minimum Gasteiger partial charge on any atom is -0.0857 e. The molecule has 2 heteroatoms. The number of hydrogen-bond donors (Lipinski definition) is 0. The van der Waals surface area contributed by atoms with Gasteiger partial charge >= 0.3 is 0 Å². The van der Waals surface area contributed by atoms with Gasteiger partial charge in [-0.05, 0) is 29.9 Å². The first kappa shape index (κ1) is 13.7. The van der Waals surface area contributed by atoms with Crippen LogP contribution >= 0.6 is 45.2 Å². The SMILES string of the molecule is CCC(I)Cc1ccc(C(C)CI)cc1. The van der Waals surface area contributed by atoms with Crippen molar-refractivity contribution in [2.75, 3.05) is 4.43 Å². The van der Waals surface area contributed by atoms with Crippen molar-refractivity contribution in [2.24, 2.45) is 0 Å². The summed E-state index contributed by atoms with van der Waals surface area (Å²) in [7, 11) is 0. The van der Waals surface area contributed by atoms with Crippen molar-refractivity contribution < 1.29 is 0 Å². The Morgan fingerprint density at radius 1 is 1.20 bits per heavy atom. The molecule has 84 valence electrons. The van der Waals surface area contributed by atoms with Gasteiger partial charge in [-0.3, -0.25) is 0 Å². The highest BCUT2D eigenvalue weighted by Crippen LogP contribution is 2.20. The molecule has 0 saturated heterocycles. The second-order valence-electron chi connectivity index (χ2n) is 4.01. The second kappa shape index (κ2) is 7.09. The van der Waals surface area contributed by atoms with Crippen LogP contribution in [0.1, 0.15) is 37.3 Å². The van der Waals surface area contributed by atoms with E-state index in [1.165, 1.54) is 28.4 Å². The van der Waals surface area contributed by atoms with E-state index in [9.17, 15) is 0 Å². The smallest absolute Gasteiger partial charge is 0.0147 e. The zero-order chi connectivity index (χ0) is 11.3. The lowest BCUT2D eigenvalue weighted by molar-refractivity contribution is 0.840. The van der Waals surface area contributed by atoms with E-state index >= 15 is 0 Å². The van der Waals surface area contributed by atoms with Crippen molar-refractivity contribution >= 4 is 45.2 Å². The van der Waals surface area contributed by atoms with Crippen LogP contribution in [0.5, 0.6) is 0 Å². The van der Waals surface area contributed by atoms with Crippen molar-refractivity contribution in [1.82, 2.24) is 0 Å². The Balaban J connectivity index is 2.64. The monoisotopic (exact) mass is 428 g/mol. The lowest BCUT2D eigenvalue weighted by atomic mass is 10.00. The Hall–Kier alpha value is 0.680. The van der Waals surface area contributed by atoms with Crippen LogP contribution < -0.4 is 0 Å². The molecule has 0 aliphatic rings. The first-order chi connectivity index (χ1) is 7.17. The summed E-state index contributed by atoms with van der Waals surface area (Å²) < 4.78 is 1.97. The molecule has 0 aliphatic heterocycles. The predicted octanol–water partition coefficient (Wildman–Crippen LogP) is 4.98. The molecular weight excluding hydrogens is 410 g/mol. The van der Waals surface area contributed by atoms with Gasteiger partial charge in [0.2, 0.25) is 0 Å². The van der Waals surface area contributed by atoms with Gasteiger partial charge in [0.1, 0.15) is 0 Å². The number of rotatable bonds is 5. The maximum Gasteiger partial charge on any atom is 0.0147 e. The second-order valence-corrected chi connectivity index (χ2v) is 6.65. The van der Waals surface area contributed by atoms with Crippen molar-refractivity contribution in [3.05, 3.63) is 35.4 Å². The van der Waals surface area contributed by atoms with E-state index in [2.05, 4.69) is 83.3 Å². The third kappa shape index (κ3) is 4.59. The number of alkyl halides is 2. The molecule has 0 spiro atoms. The molecule has 2 atom stereocenters. The van der Waals surface area contributed by atoms with Gasteiger partial charge in [-0.15, -0.1) is 0 Å². The van der Waals surface area contributed by atoms with Gasteiger partial charge in [0.05, 0.1) is 0 Å². The fourth-order valence-corrected chi connectivity index (χ4v) is 2.49. The highest BCUT2D eigenvalue weighted by Gasteiger charge is 2.05. The van der Waals surface area contributed by atoms with Gasteiger partial charge in [0, 0.05) is 8.35 Å². The standard InChI is InChI=1S/C13H18I2/c1-3-13(15)8-11-4-6-12(7-5-11)10(2)9-14/h4-7,10,13H,3,8-9H2,1-2H3. The largest absolute Gasteiger partial charge is 0.0857 e. The zero-order valence-corrected chi connectivity index (χ0v) is 13.7. The van der Waals surface area contributed by atoms with E-state index in [1.807, 2.05) is 0 Å². The van der Waals surface area contributed by atoms with E-state index < -0.39 is 0 Å². The Morgan fingerprint density at radius 2 is 1.80 bits per heavy atom. The van der Waals surface area contributed by atoms with Gasteiger partial charge in [-0.2, -0.15) is 0 Å². The van der Waals surface area contributed by atoms with Crippen LogP contribution in [0.4, 0.5) is 0 Å². The van der Waals surface area contributed by atoms with Crippen LogP contribution in [0.2, 0.25) is 0 Å². The zero-order valence-electron chi connectivity index (χ0n) is 9.34. The van der Waals surface area contributed by atoms with E-state index in [0.717, 1.165) is 3.92 Å². The fraction of sp³-hybridized carbons (Fsp3) is 0.538. The number of halogens is 2.